The summed E-state index contributed by atoms with van der Waals surface area (Å²) in [6.45, 7) is 1.72. The van der Waals surface area contributed by atoms with Gasteiger partial charge >= 0.3 is 0 Å². The lowest BCUT2D eigenvalue weighted by atomic mass is 10.2. The maximum atomic E-state index is 11.9. The van der Waals surface area contributed by atoms with E-state index in [0.717, 1.165) is 15.8 Å². The third-order valence-electron chi connectivity index (χ3n) is 3.23. The number of nitrogens with one attached hydrogen (secondary N) is 1. The molecule has 2 aromatic heterocycles. The number of aryl methyl sites for hydroxylation is 1. The van der Waals surface area contributed by atoms with Crippen molar-refractivity contribution in [3.05, 3.63) is 70.3 Å². The summed E-state index contributed by atoms with van der Waals surface area (Å²) in [5, 5.41) is 3.90. The Morgan fingerprint density at radius 1 is 1.22 bits per heavy atom. The zero-order chi connectivity index (χ0) is 16.2. The highest BCUT2D eigenvalue weighted by atomic mass is 79.9. The number of hydrogen-bond donors (Lipinski definition) is 1. The van der Waals surface area contributed by atoms with Crippen LogP contribution in [0.25, 0.3) is 11.3 Å². The van der Waals surface area contributed by atoms with Crippen LogP contribution in [-0.2, 0) is 0 Å². The number of furan rings is 2. The quantitative estimate of drug-likeness (QED) is 0.545. The second-order valence-electron chi connectivity index (χ2n) is 4.77. The standard InChI is InChI=1S/C17H13BrN2O3/c1-11-13(8-9-22-11)17(21)20-19-10-12-6-7-16(23-12)14-4-2-3-5-15(14)18/h2-10H,1H3,(H,20,21)/b19-10-. The first-order valence-electron chi connectivity index (χ1n) is 6.87. The van der Waals surface area contributed by atoms with Crippen LogP contribution >= 0.6 is 15.9 Å². The average Bonchev–Trinajstić information content (AvgIpc) is 3.17. The highest BCUT2D eigenvalue weighted by Gasteiger charge is 2.10. The predicted molar refractivity (Wildman–Crippen MR) is 90.3 cm³/mol. The zero-order valence-electron chi connectivity index (χ0n) is 12.2. The molecule has 0 radical (unpaired) electrons. The first-order valence-corrected chi connectivity index (χ1v) is 7.66. The monoisotopic (exact) mass is 372 g/mol. The highest BCUT2D eigenvalue weighted by molar-refractivity contribution is 9.10. The van der Waals surface area contributed by atoms with Gasteiger partial charge in [-0.25, -0.2) is 5.43 Å². The molecule has 5 nitrogen and oxygen atoms in total. The molecule has 0 unspecified atom stereocenters. The maximum Gasteiger partial charge on any atom is 0.274 e. The smallest absolute Gasteiger partial charge is 0.274 e. The van der Waals surface area contributed by atoms with Gasteiger partial charge in [-0.2, -0.15) is 5.10 Å². The van der Waals surface area contributed by atoms with Crippen LogP contribution < -0.4 is 5.43 Å². The van der Waals surface area contributed by atoms with E-state index in [-0.39, 0.29) is 5.91 Å². The van der Waals surface area contributed by atoms with Crippen LogP contribution in [0, 0.1) is 6.92 Å². The van der Waals surface area contributed by atoms with Crippen molar-refractivity contribution in [2.75, 3.05) is 0 Å². The largest absolute Gasteiger partial charge is 0.469 e. The molecule has 0 fully saturated rings. The number of benzene rings is 1. The molecule has 3 rings (SSSR count). The minimum absolute atomic E-state index is 0.329. The molecule has 0 aliphatic rings. The van der Waals surface area contributed by atoms with Crippen molar-refractivity contribution >= 4 is 28.1 Å². The van der Waals surface area contributed by atoms with E-state index < -0.39 is 0 Å². The van der Waals surface area contributed by atoms with Crippen LogP contribution in [0.3, 0.4) is 0 Å². The molecular formula is C17H13BrN2O3. The highest BCUT2D eigenvalue weighted by Crippen LogP contribution is 2.28. The molecule has 116 valence electrons. The Hall–Kier alpha value is -2.60. The zero-order valence-corrected chi connectivity index (χ0v) is 13.8. The fourth-order valence-electron chi connectivity index (χ4n) is 2.06. The van der Waals surface area contributed by atoms with Crippen LogP contribution in [0.4, 0.5) is 0 Å². The average molecular weight is 373 g/mol. The summed E-state index contributed by atoms with van der Waals surface area (Å²) in [6, 6.07) is 13.0. The fraction of sp³-hybridized carbons (Fsp3) is 0.0588. The number of carbonyl (C=O) groups excluding carboxylic acids is 1. The molecular weight excluding hydrogens is 360 g/mol. The van der Waals surface area contributed by atoms with Gasteiger partial charge in [0.15, 0.2) is 0 Å². The summed E-state index contributed by atoms with van der Waals surface area (Å²) in [6.07, 6.45) is 2.91. The van der Waals surface area contributed by atoms with E-state index >= 15 is 0 Å². The van der Waals surface area contributed by atoms with E-state index in [1.54, 1.807) is 19.1 Å². The molecule has 0 bridgehead atoms. The van der Waals surface area contributed by atoms with E-state index in [1.165, 1.54) is 12.5 Å². The normalized spacial score (nSPS) is 11.0. The Labute approximate surface area is 141 Å². The Balaban J connectivity index is 1.69. The second kappa shape index (κ2) is 6.66. The number of hydrazone groups is 1. The van der Waals surface area contributed by atoms with Gasteiger partial charge in [-0.1, -0.05) is 34.1 Å². The van der Waals surface area contributed by atoms with Crippen molar-refractivity contribution in [3.63, 3.8) is 0 Å². The summed E-state index contributed by atoms with van der Waals surface area (Å²) in [5.74, 6) is 1.48. The van der Waals surface area contributed by atoms with Crippen LogP contribution in [0.1, 0.15) is 21.9 Å². The van der Waals surface area contributed by atoms with Gasteiger partial charge in [0, 0.05) is 10.0 Å². The number of rotatable bonds is 4. The SMILES string of the molecule is Cc1occc1C(=O)N/N=C\c1ccc(-c2ccccc2Br)o1. The molecule has 0 saturated carbocycles. The first-order chi connectivity index (χ1) is 11.1. The lowest BCUT2D eigenvalue weighted by Crippen LogP contribution is -2.17. The minimum atomic E-state index is -0.329. The topological polar surface area (TPSA) is 67.7 Å². The molecule has 0 saturated heterocycles. The number of amides is 1. The van der Waals surface area contributed by atoms with Gasteiger partial charge in [-0.15, -0.1) is 0 Å². The van der Waals surface area contributed by atoms with Crippen LogP contribution in [-0.4, -0.2) is 12.1 Å². The van der Waals surface area contributed by atoms with E-state index in [4.69, 9.17) is 8.83 Å². The minimum Gasteiger partial charge on any atom is -0.469 e. The molecule has 0 atom stereocenters. The van der Waals surface area contributed by atoms with Crippen LogP contribution in [0.2, 0.25) is 0 Å². The molecule has 6 heteroatoms. The molecule has 0 aliphatic carbocycles. The fourth-order valence-corrected chi connectivity index (χ4v) is 2.54. The summed E-state index contributed by atoms with van der Waals surface area (Å²) < 4.78 is 11.7. The van der Waals surface area contributed by atoms with Gasteiger partial charge < -0.3 is 8.83 Å². The summed E-state index contributed by atoms with van der Waals surface area (Å²) >= 11 is 3.48. The van der Waals surface area contributed by atoms with Crippen molar-refractivity contribution in [2.45, 2.75) is 6.92 Å². The lowest BCUT2D eigenvalue weighted by Gasteiger charge is -1.99. The van der Waals surface area contributed by atoms with E-state index in [9.17, 15) is 4.79 Å². The molecule has 1 amide bonds. The second-order valence-corrected chi connectivity index (χ2v) is 5.63. The van der Waals surface area contributed by atoms with Gasteiger partial charge in [0.05, 0.1) is 18.0 Å². The van der Waals surface area contributed by atoms with Crippen molar-refractivity contribution in [1.82, 2.24) is 5.43 Å². The predicted octanol–water partition coefficient (Wildman–Crippen LogP) is 4.37. The molecule has 1 N–H and O–H groups in total. The van der Waals surface area contributed by atoms with Gasteiger partial charge in [0.25, 0.3) is 5.91 Å². The summed E-state index contributed by atoms with van der Waals surface area (Å²) in [7, 11) is 0. The van der Waals surface area contributed by atoms with Crippen molar-refractivity contribution < 1.29 is 13.6 Å². The van der Waals surface area contributed by atoms with Crippen LogP contribution in [0.15, 0.2) is 67.1 Å². The Morgan fingerprint density at radius 3 is 2.78 bits per heavy atom. The van der Waals surface area contributed by atoms with Crippen molar-refractivity contribution in [2.24, 2.45) is 5.10 Å². The molecule has 0 spiro atoms. The molecule has 3 aromatic rings. The van der Waals surface area contributed by atoms with Gasteiger partial charge in [0.2, 0.25) is 0 Å². The number of carbonyl (C=O) groups is 1. The lowest BCUT2D eigenvalue weighted by molar-refractivity contribution is 0.0953. The number of nitrogens with zero attached hydrogens (tertiary/aromatic N) is 1. The number of hydrogen-bond acceptors (Lipinski definition) is 4. The van der Waals surface area contributed by atoms with Gasteiger partial charge in [0.1, 0.15) is 17.3 Å². The van der Waals surface area contributed by atoms with Gasteiger partial charge in [-0.05, 0) is 31.2 Å². The Kier molecular flexibility index (Phi) is 4.43. The maximum absolute atomic E-state index is 11.9. The van der Waals surface area contributed by atoms with Crippen molar-refractivity contribution in [1.29, 1.82) is 0 Å². The van der Waals surface area contributed by atoms with E-state index in [2.05, 4.69) is 26.5 Å². The number of halogens is 1. The Morgan fingerprint density at radius 2 is 2.04 bits per heavy atom. The van der Waals surface area contributed by atoms with E-state index in [1.807, 2.05) is 30.3 Å². The molecule has 23 heavy (non-hydrogen) atoms. The third kappa shape index (κ3) is 3.43. The molecule has 0 aliphatic heterocycles. The van der Waals surface area contributed by atoms with E-state index in [0.29, 0.717) is 17.1 Å². The van der Waals surface area contributed by atoms with Crippen molar-refractivity contribution in [3.8, 4) is 11.3 Å². The third-order valence-corrected chi connectivity index (χ3v) is 3.92. The molecule has 2 heterocycles. The Bertz CT molecular complexity index is 864. The van der Waals surface area contributed by atoms with Crippen LogP contribution in [0.5, 0.6) is 0 Å². The summed E-state index contributed by atoms with van der Waals surface area (Å²) in [5.41, 5.74) is 3.84. The summed E-state index contributed by atoms with van der Waals surface area (Å²) in [4.78, 5) is 11.9. The molecule has 1 aromatic carbocycles. The van der Waals surface area contributed by atoms with Gasteiger partial charge in [-0.3, -0.25) is 4.79 Å². The first kappa shape index (κ1) is 15.3.